The van der Waals surface area contributed by atoms with Gasteiger partial charge in [-0.1, -0.05) is 0 Å². The molecule has 4 heteroatoms. The van der Waals surface area contributed by atoms with Crippen LogP contribution in [0.4, 0.5) is 0 Å². The lowest BCUT2D eigenvalue weighted by Crippen LogP contribution is -2.08. The van der Waals surface area contributed by atoms with Gasteiger partial charge in [-0.25, -0.2) is 9.78 Å². The molecular formula is C10H13NO2S. The van der Waals surface area contributed by atoms with E-state index in [-0.39, 0.29) is 12.1 Å². The molecule has 0 aliphatic carbocycles. The molecule has 0 saturated heterocycles. The fourth-order valence-electron chi connectivity index (χ4n) is 0.882. The van der Waals surface area contributed by atoms with Crippen LogP contribution in [0, 0.1) is 6.92 Å². The summed E-state index contributed by atoms with van der Waals surface area (Å²) < 4.78 is 4.93. The van der Waals surface area contributed by atoms with Crippen molar-refractivity contribution in [1.82, 2.24) is 4.98 Å². The Morgan fingerprint density at radius 2 is 2.36 bits per heavy atom. The highest BCUT2D eigenvalue weighted by molar-refractivity contribution is 7.09. The van der Waals surface area contributed by atoms with Gasteiger partial charge in [0.2, 0.25) is 0 Å². The van der Waals surface area contributed by atoms with Crippen molar-refractivity contribution in [3.63, 3.8) is 0 Å². The molecule has 0 bridgehead atoms. The summed E-state index contributed by atoms with van der Waals surface area (Å²) >= 11 is 1.56. The maximum atomic E-state index is 11.1. The monoisotopic (exact) mass is 211 g/mol. The smallest absolute Gasteiger partial charge is 0.331 e. The molecule has 76 valence electrons. The lowest BCUT2D eigenvalue weighted by atomic mass is 10.4. The van der Waals surface area contributed by atoms with Crippen LogP contribution in [-0.2, 0) is 9.53 Å². The van der Waals surface area contributed by atoms with Crippen LogP contribution in [0.3, 0.4) is 0 Å². The summed E-state index contributed by atoms with van der Waals surface area (Å²) in [5, 5.41) is 2.89. The molecule has 1 aromatic heterocycles. The number of nitrogens with zero attached hydrogens (tertiary/aromatic N) is 1. The van der Waals surface area contributed by atoms with Crippen molar-refractivity contribution in [3.05, 3.63) is 22.2 Å². The van der Waals surface area contributed by atoms with Crippen LogP contribution in [-0.4, -0.2) is 17.1 Å². The van der Waals surface area contributed by atoms with Crippen LogP contribution < -0.4 is 0 Å². The second kappa shape index (κ2) is 4.91. The molecule has 14 heavy (non-hydrogen) atoms. The lowest BCUT2D eigenvalue weighted by molar-refractivity contribution is -0.141. The summed E-state index contributed by atoms with van der Waals surface area (Å²) in [5.41, 5.74) is 0.799. The molecule has 0 atom stereocenters. The Morgan fingerprint density at radius 3 is 2.86 bits per heavy atom. The van der Waals surface area contributed by atoms with E-state index in [1.165, 1.54) is 6.08 Å². The second-order valence-corrected chi connectivity index (χ2v) is 4.17. The Kier molecular flexibility index (Phi) is 3.83. The summed E-state index contributed by atoms with van der Waals surface area (Å²) in [6, 6.07) is 0. The van der Waals surface area contributed by atoms with Gasteiger partial charge in [0.15, 0.2) is 0 Å². The first-order valence-corrected chi connectivity index (χ1v) is 5.26. The van der Waals surface area contributed by atoms with Gasteiger partial charge in [-0.2, -0.15) is 0 Å². The Morgan fingerprint density at radius 1 is 1.64 bits per heavy atom. The van der Waals surface area contributed by atoms with E-state index in [0.29, 0.717) is 0 Å². The maximum absolute atomic E-state index is 11.1. The number of carbonyl (C=O) groups is 1. The average Bonchev–Trinajstić information content (AvgIpc) is 2.47. The summed E-state index contributed by atoms with van der Waals surface area (Å²) in [5.74, 6) is -0.328. The van der Waals surface area contributed by atoms with Gasteiger partial charge in [-0.3, -0.25) is 0 Å². The van der Waals surface area contributed by atoms with Gasteiger partial charge >= 0.3 is 5.97 Å². The number of hydrogen-bond donors (Lipinski definition) is 0. The van der Waals surface area contributed by atoms with Gasteiger partial charge in [0.05, 0.1) is 16.8 Å². The molecule has 1 heterocycles. The summed E-state index contributed by atoms with van der Waals surface area (Å²) in [4.78, 5) is 15.3. The second-order valence-electron chi connectivity index (χ2n) is 3.11. The fraction of sp³-hybridized carbons (Fsp3) is 0.400. The fourth-order valence-corrected chi connectivity index (χ4v) is 1.46. The van der Waals surface area contributed by atoms with Gasteiger partial charge < -0.3 is 4.74 Å². The van der Waals surface area contributed by atoms with Crippen LogP contribution in [0.5, 0.6) is 0 Å². The van der Waals surface area contributed by atoms with E-state index in [1.54, 1.807) is 17.4 Å². The molecule has 0 N–H and O–H groups in total. The number of rotatable bonds is 3. The topological polar surface area (TPSA) is 39.2 Å². The van der Waals surface area contributed by atoms with E-state index < -0.39 is 0 Å². The van der Waals surface area contributed by atoms with E-state index in [0.717, 1.165) is 10.7 Å². The molecule has 0 unspecified atom stereocenters. The van der Waals surface area contributed by atoms with E-state index in [1.807, 2.05) is 26.2 Å². The van der Waals surface area contributed by atoms with Crippen molar-refractivity contribution in [2.24, 2.45) is 0 Å². The van der Waals surface area contributed by atoms with E-state index >= 15 is 0 Å². The highest BCUT2D eigenvalue weighted by atomic mass is 32.1. The van der Waals surface area contributed by atoms with Crippen molar-refractivity contribution in [1.29, 1.82) is 0 Å². The number of thiazole rings is 1. The molecule has 0 spiro atoms. The van der Waals surface area contributed by atoms with Crippen LogP contribution in [0.2, 0.25) is 0 Å². The number of ether oxygens (including phenoxy) is 1. The first kappa shape index (κ1) is 10.9. The van der Waals surface area contributed by atoms with Gasteiger partial charge in [0, 0.05) is 11.5 Å². The minimum Gasteiger partial charge on any atom is -0.460 e. The number of aromatic nitrogens is 1. The van der Waals surface area contributed by atoms with Crippen LogP contribution in [0.15, 0.2) is 11.5 Å². The highest BCUT2D eigenvalue weighted by Gasteiger charge is 2.00. The third-order valence-corrected chi connectivity index (χ3v) is 2.17. The van der Waals surface area contributed by atoms with Crippen LogP contribution in [0.25, 0.3) is 6.08 Å². The number of aryl methyl sites for hydroxylation is 1. The predicted molar refractivity (Wildman–Crippen MR) is 57.1 cm³/mol. The molecule has 0 aromatic carbocycles. The maximum Gasteiger partial charge on any atom is 0.331 e. The number of carbonyl (C=O) groups excluding carboxylic acids is 1. The zero-order chi connectivity index (χ0) is 10.6. The van der Waals surface area contributed by atoms with Crippen LogP contribution >= 0.6 is 11.3 Å². The Balaban J connectivity index is 2.51. The molecule has 0 radical (unpaired) electrons. The van der Waals surface area contributed by atoms with Crippen molar-refractivity contribution >= 4 is 23.4 Å². The third kappa shape index (κ3) is 3.70. The number of hydrogen-bond acceptors (Lipinski definition) is 4. The Labute approximate surface area is 87.4 Å². The highest BCUT2D eigenvalue weighted by Crippen LogP contribution is 2.09. The van der Waals surface area contributed by atoms with Gasteiger partial charge in [-0.15, -0.1) is 11.3 Å². The number of esters is 1. The normalized spacial score (nSPS) is 11.1. The predicted octanol–water partition coefficient (Wildman–Crippen LogP) is 2.42. The summed E-state index contributed by atoms with van der Waals surface area (Å²) in [6.45, 7) is 5.56. The van der Waals surface area contributed by atoms with Gasteiger partial charge in [0.25, 0.3) is 0 Å². The quantitative estimate of drug-likeness (QED) is 0.569. The van der Waals surface area contributed by atoms with E-state index in [4.69, 9.17) is 4.74 Å². The molecule has 0 aliphatic rings. The van der Waals surface area contributed by atoms with E-state index in [9.17, 15) is 4.79 Å². The standard InChI is InChI=1S/C10H13NO2S/c1-7(2)13-10(12)5-4-9-6-14-8(3)11-9/h4-7H,1-3H3/b5-4+. The Hall–Kier alpha value is -1.16. The van der Waals surface area contributed by atoms with Crippen molar-refractivity contribution in [3.8, 4) is 0 Å². The summed E-state index contributed by atoms with van der Waals surface area (Å²) in [6.07, 6.45) is 2.98. The average molecular weight is 211 g/mol. The minimum atomic E-state index is -0.328. The van der Waals surface area contributed by atoms with Gasteiger partial charge in [0.1, 0.15) is 0 Å². The molecule has 0 aliphatic heterocycles. The molecule has 0 fully saturated rings. The minimum absolute atomic E-state index is 0.0793. The zero-order valence-corrected chi connectivity index (χ0v) is 9.30. The molecular weight excluding hydrogens is 198 g/mol. The third-order valence-electron chi connectivity index (χ3n) is 1.38. The van der Waals surface area contributed by atoms with E-state index in [2.05, 4.69) is 4.98 Å². The lowest BCUT2D eigenvalue weighted by Gasteiger charge is -2.03. The van der Waals surface area contributed by atoms with Crippen molar-refractivity contribution in [2.75, 3.05) is 0 Å². The van der Waals surface area contributed by atoms with Crippen molar-refractivity contribution < 1.29 is 9.53 Å². The SMILES string of the molecule is Cc1nc(/C=C/C(=O)OC(C)C)cs1. The molecule has 0 amide bonds. The first-order valence-electron chi connectivity index (χ1n) is 4.39. The first-order chi connectivity index (χ1) is 6.58. The largest absolute Gasteiger partial charge is 0.460 e. The summed E-state index contributed by atoms with van der Waals surface area (Å²) in [7, 11) is 0. The van der Waals surface area contributed by atoms with Crippen molar-refractivity contribution in [2.45, 2.75) is 26.9 Å². The Bertz CT molecular complexity index is 342. The van der Waals surface area contributed by atoms with Crippen LogP contribution in [0.1, 0.15) is 24.5 Å². The van der Waals surface area contributed by atoms with Gasteiger partial charge in [-0.05, 0) is 26.8 Å². The molecule has 1 rings (SSSR count). The molecule has 3 nitrogen and oxygen atoms in total. The molecule has 1 aromatic rings. The molecule has 0 saturated carbocycles. The zero-order valence-electron chi connectivity index (χ0n) is 8.48.